The molecule has 0 amide bonds. The summed E-state index contributed by atoms with van der Waals surface area (Å²) in [5, 5.41) is 16.2. The van der Waals surface area contributed by atoms with Crippen LogP contribution in [0.1, 0.15) is 5.56 Å². The zero-order valence-corrected chi connectivity index (χ0v) is 15.3. The van der Waals surface area contributed by atoms with Gasteiger partial charge in [0, 0.05) is 18.1 Å². The lowest BCUT2D eigenvalue weighted by Gasteiger charge is -2.12. The van der Waals surface area contributed by atoms with Crippen molar-refractivity contribution in [3.63, 3.8) is 0 Å². The van der Waals surface area contributed by atoms with Crippen LogP contribution < -0.4 is 5.32 Å². The number of aromatic nitrogens is 3. The molecule has 0 aliphatic heterocycles. The first-order valence-electron chi connectivity index (χ1n) is 9.08. The van der Waals surface area contributed by atoms with E-state index < -0.39 is 0 Å². The van der Waals surface area contributed by atoms with Crippen molar-refractivity contribution in [3.8, 4) is 17.0 Å². The van der Waals surface area contributed by atoms with E-state index in [2.05, 4.69) is 29.4 Å². The molecule has 0 atom stereocenters. The molecule has 0 spiro atoms. The third-order valence-corrected chi connectivity index (χ3v) is 4.86. The van der Waals surface area contributed by atoms with Gasteiger partial charge in [0.15, 0.2) is 0 Å². The van der Waals surface area contributed by atoms with Crippen LogP contribution in [-0.2, 0) is 0 Å². The number of imidazole rings is 1. The molecular formula is C23H18N4O. The molecule has 5 rings (SSSR count). The molecule has 0 unspecified atom stereocenters. The number of hydrogen-bond donors (Lipinski definition) is 2. The molecule has 0 radical (unpaired) electrons. The summed E-state index contributed by atoms with van der Waals surface area (Å²) in [5.74, 6) is 1.52. The summed E-state index contributed by atoms with van der Waals surface area (Å²) in [6.07, 6.45) is 3.63. The lowest BCUT2D eigenvalue weighted by Crippen LogP contribution is -1.97. The monoisotopic (exact) mass is 366 g/mol. The summed E-state index contributed by atoms with van der Waals surface area (Å²) < 4.78 is 1.90. The fourth-order valence-corrected chi connectivity index (χ4v) is 3.46. The number of anilines is 2. The molecule has 0 fully saturated rings. The largest absolute Gasteiger partial charge is 0.507 e. The first-order valence-corrected chi connectivity index (χ1v) is 9.08. The number of phenolic OH excluding ortho intramolecular Hbond substituents is 1. The molecule has 0 aliphatic rings. The molecule has 5 heteroatoms. The highest BCUT2D eigenvalue weighted by molar-refractivity contribution is 6.01. The molecule has 2 N–H and O–H groups in total. The van der Waals surface area contributed by atoms with E-state index in [1.54, 1.807) is 12.3 Å². The molecule has 28 heavy (non-hydrogen) atoms. The molecule has 0 aliphatic carbocycles. The minimum Gasteiger partial charge on any atom is -0.507 e. The van der Waals surface area contributed by atoms with Gasteiger partial charge < -0.3 is 10.4 Å². The minimum atomic E-state index is 0.189. The fourth-order valence-electron chi connectivity index (χ4n) is 3.46. The Hall–Kier alpha value is -3.86. The summed E-state index contributed by atoms with van der Waals surface area (Å²) >= 11 is 0. The summed E-state index contributed by atoms with van der Waals surface area (Å²) in [6.45, 7) is 2.06. The minimum absolute atomic E-state index is 0.189. The van der Waals surface area contributed by atoms with Crippen LogP contribution in [0, 0.1) is 6.92 Å². The Morgan fingerprint density at radius 3 is 2.61 bits per heavy atom. The van der Waals surface area contributed by atoms with Crippen molar-refractivity contribution in [2.45, 2.75) is 6.92 Å². The van der Waals surface area contributed by atoms with E-state index in [0.29, 0.717) is 17.0 Å². The second kappa shape index (κ2) is 6.39. The van der Waals surface area contributed by atoms with Crippen molar-refractivity contribution in [1.29, 1.82) is 0 Å². The number of aryl methyl sites for hydroxylation is 1. The lowest BCUT2D eigenvalue weighted by molar-refractivity contribution is 0.478. The topological polar surface area (TPSA) is 62.5 Å². The van der Waals surface area contributed by atoms with E-state index in [-0.39, 0.29) is 5.75 Å². The van der Waals surface area contributed by atoms with E-state index in [1.165, 1.54) is 5.56 Å². The number of nitrogens with zero attached hydrogens (tertiary/aromatic N) is 3. The van der Waals surface area contributed by atoms with Gasteiger partial charge >= 0.3 is 0 Å². The van der Waals surface area contributed by atoms with Gasteiger partial charge in [-0.25, -0.2) is 9.97 Å². The number of benzene rings is 3. The van der Waals surface area contributed by atoms with Gasteiger partial charge in [-0.15, -0.1) is 0 Å². The second-order valence-corrected chi connectivity index (χ2v) is 6.77. The van der Waals surface area contributed by atoms with Gasteiger partial charge in [-0.05, 0) is 42.0 Å². The summed E-state index contributed by atoms with van der Waals surface area (Å²) in [4.78, 5) is 9.12. The molecule has 136 valence electrons. The van der Waals surface area contributed by atoms with Crippen LogP contribution in [0.3, 0.4) is 0 Å². The van der Waals surface area contributed by atoms with Gasteiger partial charge in [-0.3, -0.25) is 4.40 Å². The van der Waals surface area contributed by atoms with Crippen molar-refractivity contribution < 1.29 is 5.11 Å². The zero-order valence-electron chi connectivity index (χ0n) is 15.3. The normalized spacial score (nSPS) is 11.2. The Balaban J connectivity index is 1.79. The zero-order chi connectivity index (χ0) is 19.1. The Morgan fingerprint density at radius 2 is 1.75 bits per heavy atom. The Labute approximate surface area is 161 Å². The molecule has 2 heterocycles. The molecule has 0 saturated heterocycles. The van der Waals surface area contributed by atoms with Crippen molar-refractivity contribution in [1.82, 2.24) is 14.4 Å². The predicted molar refractivity (Wildman–Crippen MR) is 112 cm³/mol. The maximum Gasteiger partial charge on any atom is 0.235 e. The molecule has 0 bridgehead atoms. The van der Waals surface area contributed by atoms with Gasteiger partial charge in [0.2, 0.25) is 5.78 Å². The Morgan fingerprint density at radius 1 is 0.929 bits per heavy atom. The molecule has 3 aromatic carbocycles. The van der Waals surface area contributed by atoms with Crippen LogP contribution in [0.4, 0.5) is 11.5 Å². The van der Waals surface area contributed by atoms with E-state index in [1.807, 2.05) is 59.1 Å². The maximum atomic E-state index is 10.7. The van der Waals surface area contributed by atoms with E-state index in [4.69, 9.17) is 4.98 Å². The maximum absolute atomic E-state index is 10.7. The fraction of sp³-hybridized carbons (Fsp3) is 0.0435. The average molecular weight is 366 g/mol. The van der Waals surface area contributed by atoms with Gasteiger partial charge in [-0.2, -0.15) is 0 Å². The standard InChI is InChI=1S/C23H18N4O/c1-15-7-10-17(11-8-15)25-22-21(26-23-24-13-4-14-27(22)23)20-18-6-3-2-5-16(18)9-12-19(20)28/h2-14,25,28H,1H3. The van der Waals surface area contributed by atoms with Crippen LogP contribution in [0.2, 0.25) is 0 Å². The van der Waals surface area contributed by atoms with Gasteiger partial charge in [0.25, 0.3) is 0 Å². The van der Waals surface area contributed by atoms with Gasteiger partial charge in [0.1, 0.15) is 17.3 Å². The van der Waals surface area contributed by atoms with Crippen LogP contribution in [-0.4, -0.2) is 19.5 Å². The van der Waals surface area contributed by atoms with Crippen LogP contribution in [0.5, 0.6) is 5.75 Å². The lowest BCUT2D eigenvalue weighted by atomic mass is 10.0. The third kappa shape index (κ3) is 2.65. The summed E-state index contributed by atoms with van der Waals surface area (Å²) in [5.41, 5.74) is 3.49. The third-order valence-electron chi connectivity index (χ3n) is 4.86. The van der Waals surface area contributed by atoms with Crippen molar-refractivity contribution in [2.75, 3.05) is 5.32 Å². The SMILES string of the molecule is Cc1ccc(Nc2c(-c3c(O)ccc4ccccc34)nc3ncccn23)cc1. The van der Waals surface area contributed by atoms with E-state index >= 15 is 0 Å². The number of nitrogens with one attached hydrogen (secondary N) is 1. The average Bonchev–Trinajstić information content (AvgIpc) is 3.07. The predicted octanol–water partition coefficient (Wildman–Crippen LogP) is 5.31. The quantitative estimate of drug-likeness (QED) is 0.454. The molecule has 0 saturated carbocycles. The highest BCUT2D eigenvalue weighted by Crippen LogP contribution is 2.40. The number of rotatable bonds is 3. The van der Waals surface area contributed by atoms with E-state index in [0.717, 1.165) is 22.3 Å². The van der Waals surface area contributed by atoms with Crippen molar-refractivity contribution >= 4 is 28.1 Å². The van der Waals surface area contributed by atoms with Crippen molar-refractivity contribution in [2.24, 2.45) is 0 Å². The highest BCUT2D eigenvalue weighted by Gasteiger charge is 2.20. The van der Waals surface area contributed by atoms with Gasteiger partial charge in [-0.1, -0.05) is 48.0 Å². The summed E-state index contributed by atoms with van der Waals surface area (Å²) in [7, 11) is 0. The number of aromatic hydroxyl groups is 1. The number of phenols is 1. The van der Waals surface area contributed by atoms with Crippen molar-refractivity contribution in [3.05, 3.63) is 84.7 Å². The number of fused-ring (bicyclic) bond motifs is 2. The Kier molecular flexibility index (Phi) is 3.72. The molecule has 2 aromatic heterocycles. The molecule has 5 nitrogen and oxygen atoms in total. The van der Waals surface area contributed by atoms with Crippen LogP contribution >= 0.6 is 0 Å². The van der Waals surface area contributed by atoms with Crippen LogP contribution in [0.15, 0.2) is 79.1 Å². The molecule has 5 aromatic rings. The van der Waals surface area contributed by atoms with E-state index in [9.17, 15) is 5.11 Å². The van der Waals surface area contributed by atoms with Crippen LogP contribution in [0.25, 0.3) is 27.8 Å². The first-order chi connectivity index (χ1) is 13.7. The smallest absolute Gasteiger partial charge is 0.235 e. The second-order valence-electron chi connectivity index (χ2n) is 6.77. The molecular weight excluding hydrogens is 348 g/mol. The summed E-state index contributed by atoms with van der Waals surface area (Å²) in [6, 6.07) is 21.6. The Bertz CT molecular complexity index is 1310. The highest BCUT2D eigenvalue weighted by atomic mass is 16.3. The number of hydrogen-bond acceptors (Lipinski definition) is 4. The van der Waals surface area contributed by atoms with Gasteiger partial charge in [0.05, 0.1) is 5.56 Å². The first kappa shape index (κ1) is 16.3.